The number of aromatic hydroxyl groups is 1. The number of ether oxygens (including phenoxy) is 1. The number of amides is 1. The van der Waals surface area contributed by atoms with E-state index in [4.69, 9.17) is 4.74 Å². The number of carbonyl (C=O) groups excluding carboxylic acids is 1. The van der Waals surface area contributed by atoms with E-state index in [2.05, 4.69) is 42.9 Å². The van der Waals surface area contributed by atoms with Gasteiger partial charge in [0.2, 0.25) is 0 Å². The number of nitrogens with one attached hydrogen (secondary N) is 1. The van der Waals surface area contributed by atoms with Crippen molar-refractivity contribution in [1.29, 1.82) is 0 Å². The lowest BCUT2D eigenvalue weighted by molar-refractivity contribution is 0.0220. The summed E-state index contributed by atoms with van der Waals surface area (Å²) in [4.78, 5) is 26.3. The zero-order chi connectivity index (χ0) is 33.3. The fraction of sp³-hybridized carbons (Fsp3) is 0.513. The number of likely N-dealkylation sites (tertiary alicyclic amines) is 3. The number of aromatic amines is 1. The number of fused-ring (bicyclic) bond motifs is 3. The van der Waals surface area contributed by atoms with Gasteiger partial charge in [-0.25, -0.2) is 4.79 Å². The first kappa shape index (κ1) is 32.2. The van der Waals surface area contributed by atoms with Crippen molar-refractivity contribution in [3.63, 3.8) is 0 Å². The van der Waals surface area contributed by atoms with Gasteiger partial charge in [0.1, 0.15) is 12.4 Å². The minimum Gasteiger partial charge on any atom is -0.507 e. The van der Waals surface area contributed by atoms with Gasteiger partial charge >= 0.3 is 6.09 Å². The van der Waals surface area contributed by atoms with Crippen LogP contribution in [-0.2, 0) is 17.8 Å². The number of phenols is 1. The summed E-state index contributed by atoms with van der Waals surface area (Å²) in [6.07, 6.45) is 7.78. The molecule has 6 heterocycles. The van der Waals surface area contributed by atoms with E-state index in [1.807, 2.05) is 53.4 Å². The summed E-state index contributed by atoms with van der Waals surface area (Å²) in [5.41, 5.74) is 5.91. The van der Waals surface area contributed by atoms with E-state index in [0.29, 0.717) is 42.0 Å². The van der Waals surface area contributed by atoms with Crippen LogP contribution in [0.4, 0.5) is 4.79 Å². The van der Waals surface area contributed by atoms with Crippen LogP contribution in [0.5, 0.6) is 5.75 Å². The molecule has 49 heavy (non-hydrogen) atoms. The van der Waals surface area contributed by atoms with Gasteiger partial charge in [-0.15, -0.1) is 10.2 Å². The van der Waals surface area contributed by atoms with Crippen LogP contribution in [0.3, 0.4) is 0 Å². The molecule has 0 saturated carbocycles. The van der Waals surface area contributed by atoms with E-state index in [9.17, 15) is 9.90 Å². The molecular weight excluding hydrogens is 614 g/mol. The number of rotatable bonds is 6. The molecule has 1 amide bonds. The van der Waals surface area contributed by atoms with E-state index < -0.39 is 0 Å². The first-order valence-electron chi connectivity index (χ1n) is 18.4. The molecule has 2 N–H and O–H groups in total. The number of nitrogens with zero attached hydrogens (tertiary/aromatic N) is 6. The number of piperidine rings is 3. The van der Waals surface area contributed by atoms with Crippen molar-refractivity contribution in [2.45, 2.75) is 82.6 Å². The average molecular weight is 664 g/mol. The normalized spacial score (nSPS) is 22.4. The van der Waals surface area contributed by atoms with E-state index in [0.717, 1.165) is 68.6 Å². The molecule has 0 bridgehead atoms. The highest BCUT2D eigenvalue weighted by Crippen LogP contribution is 2.39. The third-order valence-corrected chi connectivity index (χ3v) is 11.8. The minimum absolute atomic E-state index is 0.182. The fourth-order valence-electron chi connectivity index (χ4n) is 9.08. The monoisotopic (exact) mass is 663 g/mol. The van der Waals surface area contributed by atoms with Crippen molar-refractivity contribution in [2.24, 2.45) is 0 Å². The van der Waals surface area contributed by atoms with Crippen LogP contribution in [-0.4, -0.2) is 110 Å². The Morgan fingerprint density at radius 2 is 1.45 bits per heavy atom. The van der Waals surface area contributed by atoms with Crippen molar-refractivity contribution < 1.29 is 14.6 Å². The SMILES string of the molecule is C[C@@H]1c2c([nH]c3nnc(-c4ccccc4O)cc23)CCN1C1CCN(C2CCN(C3CCN(C(=O)OCc4ccccc4)CC3)CC2)CC1. The van der Waals surface area contributed by atoms with Crippen molar-refractivity contribution in [1.82, 2.24) is 34.8 Å². The second kappa shape index (κ2) is 14.1. The molecule has 10 nitrogen and oxygen atoms in total. The molecule has 8 rings (SSSR count). The maximum atomic E-state index is 12.6. The fourth-order valence-corrected chi connectivity index (χ4v) is 9.08. The lowest BCUT2D eigenvalue weighted by Crippen LogP contribution is -2.54. The molecule has 0 unspecified atom stereocenters. The quantitative estimate of drug-likeness (QED) is 0.260. The maximum absolute atomic E-state index is 12.6. The van der Waals surface area contributed by atoms with E-state index >= 15 is 0 Å². The Kier molecular flexibility index (Phi) is 9.27. The summed E-state index contributed by atoms with van der Waals surface area (Å²) in [7, 11) is 0. The second-order valence-electron chi connectivity index (χ2n) is 14.5. The summed E-state index contributed by atoms with van der Waals surface area (Å²) in [6, 6.07) is 21.5. The summed E-state index contributed by atoms with van der Waals surface area (Å²) in [6.45, 7) is 9.98. The van der Waals surface area contributed by atoms with Gasteiger partial charge in [0.15, 0.2) is 5.65 Å². The van der Waals surface area contributed by atoms with Gasteiger partial charge < -0.3 is 29.5 Å². The molecule has 3 saturated heterocycles. The number of carbonyl (C=O) groups is 1. The van der Waals surface area contributed by atoms with Gasteiger partial charge in [-0.3, -0.25) is 4.90 Å². The number of H-pyrrole nitrogens is 1. The third kappa shape index (κ3) is 6.66. The van der Waals surface area contributed by atoms with Crippen LogP contribution in [0.2, 0.25) is 0 Å². The number of aromatic nitrogens is 3. The highest BCUT2D eigenvalue weighted by molar-refractivity contribution is 5.86. The van der Waals surface area contributed by atoms with Crippen LogP contribution in [0.1, 0.15) is 68.3 Å². The summed E-state index contributed by atoms with van der Waals surface area (Å²) in [5.74, 6) is 0.229. The Morgan fingerprint density at radius 3 is 2.14 bits per heavy atom. The molecule has 0 radical (unpaired) electrons. The molecule has 10 heteroatoms. The third-order valence-electron chi connectivity index (χ3n) is 11.8. The Hall–Kier alpha value is -3.99. The standard InChI is InChI=1S/C39H49N7O3/c1-27-37-33-25-35(32-9-5-6-10-36(32)47)41-42-38(33)40-34(37)17-24-46(27)31-15-20-44(21-16-31)29-11-18-43(19-12-29)30-13-22-45(23-14-30)39(48)49-26-28-7-3-2-4-8-28/h2-10,25,27,29-31,47H,11-24,26H2,1H3,(H,40,42)/t27-/m1/s1. The highest BCUT2D eigenvalue weighted by Gasteiger charge is 2.37. The second-order valence-corrected chi connectivity index (χ2v) is 14.5. The Balaban J connectivity index is 0.812. The lowest BCUT2D eigenvalue weighted by Gasteiger charge is -2.47. The predicted molar refractivity (Wildman–Crippen MR) is 190 cm³/mol. The first-order chi connectivity index (χ1) is 24.0. The molecule has 4 aliphatic heterocycles. The van der Waals surface area contributed by atoms with E-state index in [-0.39, 0.29) is 11.8 Å². The van der Waals surface area contributed by atoms with Crippen LogP contribution >= 0.6 is 0 Å². The smallest absolute Gasteiger partial charge is 0.410 e. The number of benzene rings is 2. The molecule has 258 valence electrons. The molecule has 0 aliphatic carbocycles. The Morgan fingerprint density at radius 1 is 0.816 bits per heavy atom. The number of hydrogen-bond acceptors (Lipinski definition) is 8. The van der Waals surface area contributed by atoms with Crippen molar-refractivity contribution in [3.8, 4) is 17.0 Å². The predicted octanol–water partition coefficient (Wildman–Crippen LogP) is 5.98. The molecule has 4 aromatic rings. The number of hydrogen-bond donors (Lipinski definition) is 2. The Bertz CT molecular complexity index is 1740. The van der Waals surface area contributed by atoms with Gasteiger partial charge in [-0.1, -0.05) is 42.5 Å². The van der Waals surface area contributed by atoms with Gasteiger partial charge in [0.25, 0.3) is 0 Å². The lowest BCUT2D eigenvalue weighted by atomic mass is 9.91. The molecule has 2 aromatic carbocycles. The maximum Gasteiger partial charge on any atom is 0.410 e. The molecular formula is C39H49N7O3. The molecule has 3 fully saturated rings. The van der Waals surface area contributed by atoms with Crippen LogP contribution < -0.4 is 0 Å². The van der Waals surface area contributed by atoms with Crippen LogP contribution in [0.15, 0.2) is 60.7 Å². The van der Waals surface area contributed by atoms with Crippen LogP contribution in [0.25, 0.3) is 22.3 Å². The van der Waals surface area contributed by atoms with Crippen molar-refractivity contribution >= 4 is 17.1 Å². The van der Waals surface area contributed by atoms with Gasteiger partial charge in [-0.2, -0.15) is 0 Å². The summed E-state index contributed by atoms with van der Waals surface area (Å²) < 4.78 is 5.58. The molecule has 2 aromatic heterocycles. The van der Waals surface area contributed by atoms with E-state index in [1.54, 1.807) is 6.07 Å². The first-order valence-corrected chi connectivity index (χ1v) is 18.4. The van der Waals surface area contributed by atoms with Crippen molar-refractivity contribution in [2.75, 3.05) is 45.8 Å². The van der Waals surface area contributed by atoms with Gasteiger partial charge in [0.05, 0.1) is 5.69 Å². The zero-order valence-electron chi connectivity index (χ0n) is 28.6. The average Bonchev–Trinajstić information content (AvgIpc) is 3.54. The van der Waals surface area contributed by atoms with Crippen LogP contribution in [0, 0.1) is 0 Å². The molecule has 1 atom stereocenters. The molecule has 0 spiro atoms. The van der Waals surface area contributed by atoms with Gasteiger partial charge in [-0.05, 0) is 101 Å². The highest BCUT2D eigenvalue weighted by atomic mass is 16.6. The minimum atomic E-state index is -0.182. The topological polar surface area (TPSA) is 101 Å². The van der Waals surface area contributed by atoms with Gasteiger partial charge in [0, 0.05) is 66.9 Å². The van der Waals surface area contributed by atoms with Crippen molar-refractivity contribution in [3.05, 3.63) is 77.5 Å². The summed E-state index contributed by atoms with van der Waals surface area (Å²) >= 11 is 0. The number of para-hydroxylation sites is 1. The largest absolute Gasteiger partial charge is 0.507 e. The Labute approximate surface area is 289 Å². The molecule has 4 aliphatic rings. The van der Waals surface area contributed by atoms with E-state index in [1.165, 1.54) is 50.0 Å². The number of phenolic OH excluding ortho intramolecular Hbond substituents is 1. The summed E-state index contributed by atoms with van der Waals surface area (Å²) in [5, 5.41) is 20.5. The zero-order valence-corrected chi connectivity index (χ0v) is 28.6.